The summed E-state index contributed by atoms with van der Waals surface area (Å²) >= 11 is 6.58. The summed E-state index contributed by atoms with van der Waals surface area (Å²) in [4.78, 5) is 30.0. The maximum absolute atomic E-state index is 13.7. The molecule has 1 aromatic heterocycles. The number of aliphatic hydroxyl groups is 1. The number of nitrogens with one attached hydrogen (secondary N) is 3. The van der Waals surface area contributed by atoms with E-state index in [0.717, 1.165) is 21.8 Å². The molecule has 0 radical (unpaired) electrons. The van der Waals surface area contributed by atoms with E-state index in [2.05, 4.69) is 15.6 Å². The summed E-state index contributed by atoms with van der Waals surface area (Å²) in [6.45, 7) is 5.15. The molecule has 0 bridgehead atoms. The average Bonchev–Trinajstić information content (AvgIpc) is 3.60. The SMILES string of the molecule is COC(=O)C1=C(C)NC(C)=C(C(=O)OCCCOc2ccc(OCC(O)CNCCOc3ccccc3OC)c3c2[nH]c2ccccc23)C1c1ccccc1Cl. The molecule has 1 aliphatic rings. The number of benzene rings is 4. The number of aromatic amines is 1. The molecule has 6 rings (SSSR count). The van der Waals surface area contributed by atoms with Gasteiger partial charge >= 0.3 is 11.9 Å². The number of carbonyl (C=O) groups is 2. The van der Waals surface area contributed by atoms with Crippen molar-refractivity contribution in [2.24, 2.45) is 0 Å². The highest BCUT2D eigenvalue weighted by Crippen LogP contribution is 2.42. The Morgan fingerprint density at radius 3 is 2.23 bits per heavy atom. The minimum absolute atomic E-state index is 0.0661. The van der Waals surface area contributed by atoms with E-state index in [9.17, 15) is 14.7 Å². The van der Waals surface area contributed by atoms with Gasteiger partial charge in [-0.2, -0.15) is 0 Å². The van der Waals surface area contributed by atoms with Crippen LogP contribution in [0.5, 0.6) is 23.0 Å². The molecule has 0 aliphatic carbocycles. The zero-order valence-electron chi connectivity index (χ0n) is 31.8. The summed E-state index contributed by atoms with van der Waals surface area (Å²) in [6.07, 6.45) is -0.375. The molecule has 13 heteroatoms. The van der Waals surface area contributed by atoms with Gasteiger partial charge in [-0.1, -0.05) is 60.1 Å². The van der Waals surface area contributed by atoms with Crippen LogP contribution in [0.25, 0.3) is 21.8 Å². The number of carbonyl (C=O) groups excluding carboxylic acids is 2. The summed E-state index contributed by atoms with van der Waals surface area (Å²) in [5.74, 6) is 0.604. The maximum atomic E-state index is 13.7. The molecular formula is C43H46ClN3O9. The van der Waals surface area contributed by atoms with Gasteiger partial charge in [0.05, 0.1) is 55.4 Å². The summed E-state index contributed by atoms with van der Waals surface area (Å²) < 4.78 is 34.3. The van der Waals surface area contributed by atoms with Crippen molar-refractivity contribution < 1.29 is 43.1 Å². The Hall–Kier alpha value is -5.69. The number of methoxy groups -OCH3 is 2. The lowest BCUT2D eigenvalue weighted by Gasteiger charge is -2.30. The molecule has 0 saturated heterocycles. The number of esters is 2. The molecule has 0 spiro atoms. The van der Waals surface area contributed by atoms with Crippen LogP contribution in [0, 0.1) is 0 Å². The minimum atomic E-state index is -0.779. The third kappa shape index (κ3) is 9.05. The molecule has 4 N–H and O–H groups in total. The Balaban J connectivity index is 1.05. The third-order valence-electron chi connectivity index (χ3n) is 9.38. The molecule has 2 heterocycles. The molecule has 2 unspecified atom stereocenters. The van der Waals surface area contributed by atoms with Crippen LogP contribution in [-0.4, -0.2) is 81.9 Å². The number of aliphatic hydroxyl groups excluding tert-OH is 1. The largest absolute Gasteiger partial charge is 0.493 e. The summed E-state index contributed by atoms with van der Waals surface area (Å²) in [5, 5.41) is 19.2. The molecule has 0 amide bonds. The van der Waals surface area contributed by atoms with Crippen molar-refractivity contribution in [1.82, 2.24) is 15.6 Å². The molecule has 2 atom stereocenters. The smallest absolute Gasteiger partial charge is 0.336 e. The normalized spacial score (nSPS) is 14.7. The minimum Gasteiger partial charge on any atom is -0.493 e. The molecule has 56 heavy (non-hydrogen) atoms. The van der Waals surface area contributed by atoms with Crippen molar-refractivity contribution >= 4 is 45.3 Å². The highest BCUT2D eigenvalue weighted by molar-refractivity contribution is 6.31. The van der Waals surface area contributed by atoms with Gasteiger partial charge in [-0.15, -0.1) is 0 Å². The first-order valence-corrected chi connectivity index (χ1v) is 18.7. The molecule has 0 fully saturated rings. The Morgan fingerprint density at radius 1 is 0.786 bits per heavy atom. The predicted octanol–water partition coefficient (Wildman–Crippen LogP) is 6.81. The van der Waals surface area contributed by atoms with Gasteiger partial charge in [0.1, 0.15) is 30.8 Å². The number of ether oxygens (including phenoxy) is 6. The second-order valence-electron chi connectivity index (χ2n) is 13.1. The van der Waals surface area contributed by atoms with E-state index in [1.54, 1.807) is 45.2 Å². The molecule has 0 saturated carbocycles. The van der Waals surface area contributed by atoms with Gasteiger partial charge in [0.25, 0.3) is 0 Å². The third-order valence-corrected chi connectivity index (χ3v) is 9.73. The Bertz CT molecular complexity index is 2250. The number of allylic oxidation sites excluding steroid dienone is 2. The van der Waals surface area contributed by atoms with E-state index in [-0.39, 0.29) is 31.0 Å². The fraction of sp³-hybridized carbons (Fsp3) is 0.302. The van der Waals surface area contributed by atoms with Gasteiger partial charge in [0, 0.05) is 46.8 Å². The monoisotopic (exact) mass is 783 g/mol. The molecule has 5 aromatic rings. The van der Waals surface area contributed by atoms with Gasteiger partial charge in [0.15, 0.2) is 11.5 Å². The van der Waals surface area contributed by atoms with Crippen LogP contribution in [-0.2, 0) is 19.1 Å². The number of aromatic nitrogens is 1. The topological polar surface area (TPSA) is 150 Å². The number of H-pyrrole nitrogens is 1. The zero-order valence-corrected chi connectivity index (χ0v) is 32.5. The van der Waals surface area contributed by atoms with Crippen LogP contribution in [0.3, 0.4) is 0 Å². The fourth-order valence-electron chi connectivity index (χ4n) is 6.78. The van der Waals surface area contributed by atoms with Crippen molar-refractivity contribution in [3.8, 4) is 23.0 Å². The number of hydrogen-bond acceptors (Lipinski definition) is 11. The number of rotatable bonds is 18. The first-order valence-electron chi connectivity index (χ1n) is 18.3. The quantitative estimate of drug-likeness (QED) is 0.0549. The summed E-state index contributed by atoms with van der Waals surface area (Å²) in [7, 11) is 2.90. The van der Waals surface area contributed by atoms with Crippen LogP contribution in [0.15, 0.2) is 107 Å². The molecular weight excluding hydrogens is 738 g/mol. The number of para-hydroxylation sites is 3. The molecule has 294 valence electrons. The van der Waals surface area contributed by atoms with Gasteiger partial charge in [-0.3, -0.25) is 0 Å². The van der Waals surface area contributed by atoms with Crippen molar-refractivity contribution in [2.45, 2.75) is 32.3 Å². The van der Waals surface area contributed by atoms with E-state index in [1.807, 2.05) is 60.7 Å². The van der Waals surface area contributed by atoms with Crippen LogP contribution in [0.2, 0.25) is 5.02 Å². The van der Waals surface area contributed by atoms with Gasteiger partial charge in [0.2, 0.25) is 0 Å². The Labute approximate surface area is 330 Å². The van der Waals surface area contributed by atoms with Crippen LogP contribution in [0.1, 0.15) is 31.7 Å². The fourth-order valence-corrected chi connectivity index (χ4v) is 7.02. The molecule has 1 aliphatic heterocycles. The van der Waals surface area contributed by atoms with E-state index in [4.69, 9.17) is 40.0 Å². The van der Waals surface area contributed by atoms with Crippen LogP contribution < -0.4 is 29.6 Å². The zero-order chi connectivity index (χ0) is 39.6. The maximum Gasteiger partial charge on any atom is 0.336 e. The van der Waals surface area contributed by atoms with Crippen molar-refractivity contribution in [2.75, 3.05) is 53.7 Å². The molecule has 12 nitrogen and oxygen atoms in total. The van der Waals surface area contributed by atoms with Crippen molar-refractivity contribution in [3.63, 3.8) is 0 Å². The second kappa shape index (κ2) is 18.8. The Morgan fingerprint density at radius 2 is 1.46 bits per heavy atom. The summed E-state index contributed by atoms with van der Waals surface area (Å²) in [5.41, 5.74) is 3.94. The summed E-state index contributed by atoms with van der Waals surface area (Å²) in [6, 6.07) is 26.0. The highest BCUT2D eigenvalue weighted by Gasteiger charge is 2.38. The first kappa shape index (κ1) is 40.0. The molecule has 4 aromatic carbocycles. The van der Waals surface area contributed by atoms with Crippen LogP contribution >= 0.6 is 11.6 Å². The highest BCUT2D eigenvalue weighted by atomic mass is 35.5. The van der Waals surface area contributed by atoms with Crippen molar-refractivity contribution in [3.05, 3.63) is 118 Å². The van der Waals surface area contributed by atoms with Gasteiger partial charge < -0.3 is 49.1 Å². The number of hydrogen-bond donors (Lipinski definition) is 4. The van der Waals surface area contributed by atoms with E-state index in [1.165, 1.54) is 7.11 Å². The lowest BCUT2D eigenvalue weighted by molar-refractivity contribution is -0.139. The van der Waals surface area contributed by atoms with Gasteiger partial charge in [-0.25, -0.2) is 9.59 Å². The second-order valence-corrected chi connectivity index (χ2v) is 13.5. The van der Waals surface area contributed by atoms with E-state index < -0.39 is 24.0 Å². The van der Waals surface area contributed by atoms with Crippen molar-refractivity contribution in [1.29, 1.82) is 0 Å². The predicted molar refractivity (Wildman–Crippen MR) is 214 cm³/mol. The lowest BCUT2D eigenvalue weighted by Crippen LogP contribution is -2.33. The standard InChI is InChI=1S/C43H46ClN3O9/c1-26-37(42(49)52-4)40(29-12-5-7-14-31(29)44)38(27(2)46-26)43(50)55-22-11-21-53-36-19-18-35(39-30-13-6-8-15-32(30)47-41(36)39)56-25-28(48)24-45-20-23-54-34-17-10-9-16-33(34)51-3/h5-10,12-19,28,40,45-48H,11,20-25H2,1-4H3. The first-order chi connectivity index (χ1) is 27.2. The number of dihydropyridines is 1. The van der Waals surface area contributed by atoms with Crippen LogP contribution in [0.4, 0.5) is 0 Å². The lowest BCUT2D eigenvalue weighted by atomic mass is 9.80. The van der Waals surface area contributed by atoms with E-state index >= 15 is 0 Å². The number of halogens is 1. The average molecular weight is 784 g/mol. The van der Waals surface area contributed by atoms with E-state index in [0.29, 0.717) is 71.1 Å². The number of fused-ring (bicyclic) bond motifs is 3. The van der Waals surface area contributed by atoms with Gasteiger partial charge in [-0.05, 0) is 55.8 Å². The Kier molecular flexibility index (Phi) is 13.4.